The normalized spacial score (nSPS) is 19.9. The number of halogens is 3. The van der Waals surface area contributed by atoms with Gasteiger partial charge in [-0.2, -0.15) is 13.2 Å². The highest BCUT2D eigenvalue weighted by molar-refractivity contribution is 5.77. The molecular weight excluding hydrogens is 449 g/mol. The molecule has 0 spiro atoms. The van der Waals surface area contributed by atoms with Crippen molar-refractivity contribution in [3.05, 3.63) is 29.7 Å². The van der Waals surface area contributed by atoms with E-state index in [1.807, 2.05) is 0 Å². The van der Waals surface area contributed by atoms with E-state index < -0.39 is 11.7 Å². The van der Waals surface area contributed by atoms with Gasteiger partial charge in [0.25, 0.3) is 0 Å². The van der Waals surface area contributed by atoms with Crippen LogP contribution in [0.4, 0.5) is 18.0 Å². The predicted octanol–water partition coefficient (Wildman–Crippen LogP) is 3.87. The highest BCUT2D eigenvalue weighted by atomic mass is 19.4. The van der Waals surface area contributed by atoms with Gasteiger partial charge in [0.1, 0.15) is 5.82 Å². The van der Waals surface area contributed by atoms with Crippen molar-refractivity contribution in [2.75, 3.05) is 19.6 Å². The summed E-state index contributed by atoms with van der Waals surface area (Å²) in [7, 11) is 0. The first-order valence-corrected chi connectivity index (χ1v) is 12.1. The molecule has 1 aliphatic heterocycles. The standard InChI is InChI=1S/C23H31F3N6O2/c24-23(25,26)17-10-11-19-29-30-21(32(19)15-17)16-6-5-13-31(14-16)20(33)9-4-12-27-22(34)28-18-7-2-1-3-8-18/h10-11,15-16,18H,1-9,12-14H2,(H2,27,28,34). The number of nitrogens with zero attached hydrogens (tertiary/aromatic N) is 4. The minimum absolute atomic E-state index is 0.0241. The van der Waals surface area contributed by atoms with Crippen molar-refractivity contribution < 1.29 is 22.8 Å². The van der Waals surface area contributed by atoms with Crippen molar-refractivity contribution in [2.24, 2.45) is 0 Å². The number of carbonyl (C=O) groups is 2. The van der Waals surface area contributed by atoms with Crippen LogP contribution < -0.4 is 10.6 Å². The number of alkyl halides is 3. The number of piperidine rings is 1. The molecule has 1 aliphatic carbocycles. The van der Waals surface area contributed by atoms with Crippen molar-refractivity contribution in [1.29, 1.82) is 0 Å². The topological polar surface area (TPSA) is 91.6 Å². The summed E-state index contributed by atoms with van der Waals surface area (Å²) < 4.78 is 40.8. The molecule has 1 atom stereocenters. The number of carbonyl (C=O) groups excluding carboxylic acids is 2. The number of hydrogen-bond donors (Lipinski definition) is 2. The average Bonchev–Trinajstić information content (AvgIpc) is 3.25. The Morgan fingerprint density at radius 1 is 1.06 bits per heavy atom. The third-order valence-electron chi connectivity index (χ3n) is 6.69. The number of urea groups is 1. The number of amides is 3. The molecule has 1 saturated heterocycles. The van der Waals surface area contributed by atoms with E-state index in [4.69, 9.17) is 0 Å². The molecule has 0 bridgehead atoms. The van der Waals surface area contributed by atoms with Gasteiger partial charge in [-0.1, -0.05) is 19.3 Å². The van der Waals surface area contributed by atoms with Gasteiger partial charge in [-0.15, -0.1) is 10.2 Å². The lowest BCUT2D eigenvalue weighted by Crippen LogP contribution is -2.43. The van der Waals surface area contributed by atoms with Crippen LogP contribution in [0.15, 0.2) is 18.3 Å². The van der Waals surface area contributed by atoms with Gasteiger partial charge in [0.2, 0.25) is 5.91 Å². The molecule has 11 heteroatoms. The number of rotatable bonds is 6. The lowest BCUT2D eigenvalue weighted by atomic mass is 9.96. The molecule has 0 radical (unpaired) electrons. The molecule has 2 N–H and O–H groups in total. The second kappa shape index (κ2) is 10.6. The minimum atomic E-state index is -4.45. The van der Waals surface area contributed by atoms with E-state index in [0.717, 1.165) is 50.8 Å². The zero-order valence-corrected chi connectivity index (χ0v) is 19.1. The summed E-state index contributed by atoms with van der Waals surface area (Å²) in [5, 5.41) is 13.9. The molecule has 1 saturated carbocycles. The fourth-order valence-corrected chi connectivity index (χ4v) is 4.85. The molecule has 2 aliphatic rings. The maximum Gasteiger partial charge on any atom is 0.417 e. The van der Waals surface area contributed by atoms with Crippen LogP contribution in [0, 0.1) is 0 Å². The number of aromatic nitrogens is 3. The average molecular weight is 481 g/mol. The summed E-state index contributed by atoms with van der Waals surface area (Å²) >= 11 is 0. The first kappa shape index (κ1) is 24.3. The summed E-state index contributed by atoms with van der Waals surface area (Å²) in [4.78, 5) is 26.5. The quantitative estimate of drug-likeness (QED) is 0.614. The van der Waals surface area contributed by atoms with Gasteiger partial charge in [-0.3, -0.25) is 9.20 Å². The van der Waals surface area contributed by atoms with E-state index >= 15 is 0 Å². The van der Waals surface area contributed by atoms with Crippen molar-refractivity contribution in [2.45, 2.75) is 75.9 Å². The van der Waals surface area contributed by atoms with Crippen LogP contribution in [0.2, 0.25) is 0 Å². The Balaban J connectivity index is 1.27. The molecule has 2 fully saturated rings. The second-order valence-corrected chi connectivity index (χ2v) is 9.22. The SMILES string of the molecule is O=C(NCCCC(=O)N1CCCC(c2nnc3ccc(C(F)(F)F)cn23)C1)NC1CCCCC1. The zero-order chi connectivity index (χ0) is 24.1. The number of pyridine rings is 1. The van der Waals surface area contributed by atoms with Crippen molar-refractivity contribution in [1.82, 2.24) is 30.1 Å². The molecule has 2 aromatic rings. The van der Waals surface area contributed by atoms with Gasteiger partial charge in [0.05, 0.1) is 5.56 Å². The summed E-state index contributed by atoms with van der Waals surface area (Å²) in [5.74, 6) is 0.235. The van der Waals surface area contributed by atoms with Crippen LogP contribution in [0.1, 0.15) is 75.1 Å². The Bertz CT molecular complexity index is 1000. The second-order valence-electron chi connectivity index (χ2n) is 9.22. The van der Waals surface area contributed by atoms with Crippen LogP contribution >= 0.6 is 0 Å². The maximum atomic E-state index is 13.1. The Morgan fingerprint density at radius 3 is 2.62 bits per heavy atom. The van der Waals surface area contributed by atoms with E-state index in [2.05, 4.69) is 20.8 Å². The molecule has 186 valence electrons. The highest BCUT2D eigenvalue weighted by Gasteiger charge is 2.32. The number of likely N-dealkylation sites (tertiary alicyclic amines) is 1. The smallest absolute Gasteiger partial charge is 0.342 e. The Morgan fingerprint density at radius 2 is 1.85 bits per heavy atom. The van der Waals surface area contributed by atoms with Crippen molar-refractivity contribution >= 4 is 17.6 Å². The van der Waals surface area contributed by atoms with Crippen molar-refractivity contribution in [3.63, 3.8) is 0 Å². The lowest BCUT2D eigenvalue weighted by Gasteiger charge is -2.32. The Hall–Kier alpha value is -2.85. The Kier molecular flexibility index (Phi) is 7.57. The van der Waals surface area contributed by atoms with Gasteiger partial charge in [-0.25, -0.2) is 4.79 Å². The van der Waals surface area contributed by atoms with E-state index in [9.17, 15) is 22.8 Å². The zero-order valence-electron chi connectivity index (χ0n) is 19.1. The first-order valence-electron chi connectivity index (χ1n) is 12.1. The van der Waals surface area contributed by atoms with Gasteiger partial charge >= 0.3 is 12.2 Å². The maximum absolute atomic E-state index is 13.1. The van der Waals surface area contributed by atoms with E-state index in [1.165, 1.54) is 16.9 Å². The molecule has 4 rings (SSSR count). The first-order chi connectivity index (χ1) is 16.3. The molecule has 1 unspecified atom stereocenters. The summed E-state index contributed by atoms with van der Waals surface area (Å²) in [6, 6.07) is 2.35. The molecule has 8 nitrogen and oxygen atoms in total. The lowest BCUT2D eigenvalue weighted by molar-refractivity contribution is -0.137. The number of hydrogen-bond acceptors (Lipinski definition) is 4. The van der Waals surface area contributed by atoms with E-state index in [0.29, 0.717) is 43.9 Å². The van der Waals surface area contributed by atoms with Crippen molar-refractivity contribution in [3.8, 4) is 0 Å². The van der Waals surface area contributed by atoms with Gasteiger partial charge in [0, 0.05) is 44.2 Å². The van der Waals surface area contributed by atoms with E-state index in [1.54, 1.807) is 4.90 Å². The molecule has 3 heterocycles. The third kappa shape index (κ3) is 5.98. The third-order valence-corrected chi connectivity index (χ3v) is 6.69. The van der Waals surface area contributed by atoms with Gasteiger partial charge in [-0.05, 0) is 44.2 Å². The fourth-order valence-electron chi connectivity index (χ4n) is 4.85. The van der Waals surface area contributed by atoms with Crippen LogP contribution in [-0.4, -0.2) is 57.1 Å². The monoisotopic (exact) mass is 480 g/mol. The number of nitrogens with one attached hydrogen (secondary N) is 2. The van der Waals surface area contributed by atoms with Gasteiger partial charge < -0.3 is 15.5 Å². The molecule has 34 heavy (non-hydrogen) atoms. The fraction of sp³-hybridized carbons (Fsp3) is 0.652. The summed E-state index contributed by atoms with van der Waals surface area (Å²) in [5.41, 5.74) is -0.408. The highest BCUT2D eigenvalue weighted by Crippen LogP contribution is 2.31. The Labute approximate surface area is 196 Å². The molecule has 0 aromatic carbocycles. The molecule has 3 amide bonds. The van der Waals surface area contributed by atoms with Crippen LogP contribution in [0.25, 0.3) is 5.65 Å². The van der Waals surface area contributed by atoms with E-state index in [-0.39, 0.29) is 23.9 Å². The van der Waals surface area contributed by atoms with Gasteiger partial charge in [0.15, 0.2) is 5.65 Å². The largest absolute Gasteiger partial charge is 0.417 e. The summed E-state index contributed by atoms with van der Waals surface area (Å²) in [6.45, 7) is 1.41. The number of fused-ring (bicyclic) bond motifs is 1. The van der Waals surface area contributed by atoms with Crippen LogP contribution in [0.3, 0.4) is 0 Å². The van der Waals surface area contributed by atoms with Crippen LogP contribution in [0.5, 0.6) is 0 Å². The minimum Gasteiger partial charge on any atom is -0.342 e. The van der Waals surface area contributed by atoms with Crippen LogP contribution in [-0.2, 0) is 11.0 Å². The molecular formula is C23H31F3N6O2. The summed E-state index contributed by atoms with van der Waals surface area (Å²) in [6.07, 6.45) is 4.41. The predicted molar refractivity (Wildman–Crippen MR) is 119 cm³/mol. The molecule has 2 aromatic heterocycles.